The predicted octanol–water partition coefficient (Wildman–Crippen LogP) is -1.21. The largest absolute Gasteiger partial charge is 0.351 e. The van der Waals surface area contributed by atoms with E-state index in [0.29, 0.717) is 5.16 Å². The summed E-state index contributed by atoms with van der Waals surface area (Å²) in [6, 6.07) is 0. The van der Waals surface area contributed by atoms with Gasteiger partial charge >= 0.3 is 11.4 Å². The van der Waals surface area contributed by atoms with Crippen LogP contribution in [0.25, 0.3) is 0 Å². The van der Waals surface area contributed by atoms with Crippen molar-refractivity contribution in [2.75, 3.05) is 0 Å². The first-order valence-corrected chi connectivity index (χ1v) is 4.56. The summed E-state index contributed by atoms with van der Waals surface area (Å²) in [6.45, 7) is 0. The summed E-state index contributed by atoms with van der Waals surface area (Å²) >= 11 is 0.967. The van der Waals surface area contributed by atoms with Crippen LogP contribution in [0, 0.1) is 0 Å². The van der Waals surface area contributed by atoms with Crippen LogP contribution in [0.3, 0.4) is 0 Å². The van der Waals surface area contributed by atoms with Gasteiger partial charge in [0.1, 0.15) is 12.7 Å². The maximum absolute atomic E-state index is 10.9. The molecule has 0 saturated heterocycles. The molecule has 15 heavy (non-hydrogen) atoms. The van der Waals surface area contributed by atoms with Gasteiger partial charge in [-0.15, -0.1) is 0 Å². The molecule has 0 saturated carbocycles. The summed E-state index contributed by atoms with van der Waals surface area (Å²) in [4.78, 5) is 40.8. The molecule has 0 atom stereocenters. The molecule has 0 fully saturated rings. The quantitative estimate of drug-likeness (QED) is 0.657. The van der Waals surface area contributed by atoms with Gasteiger partial charge < -0.3 is 0 Å². The third-order valence-electron chi connectivity index (χ3n) is 1.30. The molecule has 2 N–H and O–H groups in total. The van der Waals surface area contributed by atoms with Gasteiger partial charge in [0, 0.05) is 0 Å². The number of hydrogen-bond donors (Lipinski definition) is 2. The first-order valence-electron chi connectivity index (χ1n) is 3.74. The molecule has 8 nitrogen and oxygen atoms in total. The maximum atomic E-state index is 10.9. The van der Waals surface area contributed by atoms with E-state index in [2.05, 4.69) is 24.9 Å². The third-order valence-corrected chi connectivity index (χ3v) is 2.08. The van der Waals surface area contributed by atoms with Gasteiger partial charge in [-0.05, 0) is 11.8 Å². The highest BCUT2D eigenvalue weighted by atomic mass is 32.2. The summed E-state index contributed by atoms with van der Waals surface area (Å²) in [5.74, 6) is 0. The predicted molar refractivity (Wildman–Crippen MR) is 49.4 cm³/mol. The molecule has 0 aromatic carbocycles. The summed E-state index contributed by atoms with van der Waals surface area (Å²) in [7, 11) is 0. The molecule has 0 unspecified atom stereocenters. The molecule has 76 valence electrons. The lowest BCUT2D eigenvalue weighted by Crippen LogP contribution is -2.25. The van der Waals surface area contributed by atoms with Gasteiger partial charge in [0.15, 0.2) is 10.3 Å². The molecule has 0 spiro atoms. The fourth-order valence-corrected chi connectivity index (χ4v) is 1.43. The van der Waals surface area contributed by atoms with Gasteiger partial charge in [-0.25, -0.2) is 24.5 Å². The normalized spacial score (nSPS) is 10.1. The van der Waals surface area contributed by atoms with E-state index in [9.17, 15) is 9.59 Å². The first-order chi connectivity index (χ1) is 7.24. The van der Waals surface area contributed by atoms with Crippen molar-refractivity contribution >= 4 is 11.8 Å². The van der Waals surface area contributed by atoms with Gasteiger partial charge in [-0.3, -0.25) is 9.97 Å². The van der Waals surface area contributed by atoms with Crippen molar-refractivity contribution in [3.05, 3.63) is 33.6 Å². The van der Waals surface area contributed by atoms with Gasteiger partial charge in [-0.2, -0.15) is 4.98 Å². The van der Waals surface area contributed by atoms with E-state index in [0.717, 1.165) is 11.8 Å². The molecular weight excluding hydrogens is 220 g/mol. The molecular formula is C6H4N6O2S. The van der Waals surface area contributed by atoms with Crippen LogP contribution in [-0.4, -0.2) is 29.9 Å². The Morgan fingerprint density at radius 1 is 1.13 bits per heavy atom. The van der Waals surface area contributed by atoms with Crippen LogP contribution in [0.1, 0.15) is 0 Å². The van der Waals surface area contributed by atoms with E-state index in [-0.39, 0.29) is 5.16 Å². The highest BCUT2D eigenvalue weighted by molar-refractivity contribution is 7.99. The standard InChI is InChI=1S/C6H4N6O2S/c13-3-10-4(14)12-6(11-3)15-5-8-1-7-2-9-5/h1-2H,(H2,10,11,12,13,14). The van der Waals surface area contributed by atoms with Crippen molar-refractivity contribution in [1.82, 2.24) is 29.9 Å². The van der Waals surface area contributed by atoms with Crippen LogP contribution in [-0.2, 0) is 0 Å². The van der Waals surface area contributed by atoms with Crippen molar-refractivity contribution < 1.29 is 0 Å². The number of H-pyrrole nitrogens is 2. The fourth-order valence-electron chi connectivity index (χ4n) is 0.790. The average Bonchev–Trinajstić information content (AvgIpc) is 2.17. The van der Waals surface area contributed by atoms with E-state index < -0.39 is 11.4 Å². The van der Waals surface area contributed by atoms with Crippen molar-refractivity contribution in [3.8, 4) is 0 Å². The minimum absolute atomic E-state index is 0.134. The molecule has 0 bridgehead atoms. The highest BCUT2D eigenvalue weighted by Gasteiger charge is 2.03. The second-order valence-corrected chi connectivity index (χ2v) is 3.28. The lowest BCUT2D eigenvalue weighted by atomic mass is 11.0. The molecule has 0 aliphatic carbocycles. The van der Waals surface area contributed by atoms with Crippen LogP contribution in [0.2, 0.25) is 0 Å². The Labute approximate surface area is 86.3 Å². The molecule has 2 aromatic heterocycles. The maximum Gasteiger partial charge on any atom is 0.351 e. The Balaban J connectivity index is 2.33. The zero-order chi connectivity index (χ0) is 10.7. The van der Waals surface area contributed by atoms with Gasteiger partial charge in [0.05, 0.1) is 0 Å². The molecule has 0 amide bonds. The molecule has 2 rings (SSSR count). The topological polar surface area (TPSA) is 117 Å². The minimum atomic E-state index is -0.713. The second kappa shape index (κ2) is 4.00. The van der Waals surface area contributed by atoms with Crippen LogP contribution < -0.4 is 11.4 Å². The van der Waals surface area contributed by atoms with Crippen LogP contribution in [0.4, 0.5) is 0 Å². The number of hydrogen-bond acceptors (Lipinski definition) is 7. The third kappa shape index (κ3) is 2.47. The first kappa shape index (κ1) is 9.52. The van der Waals surface area contributed by atoms with Crippen molar-refractivity contribution in [2.45, 2.75) is 10.3 Å². The Hall–Kier alpha value is -2.03. The second-order valence-electron chi connectivity index (χ2n) is 2.32. The Bertz CT molecular complexity index is 535. The summed E-state index contributed by atoms with van der Waals surface area (Å²) in [6.07, 6.45) is 2.61. The van der Waals surface area contributed by atoms with Crippen molar-refractivity contribution in [3.63, 3.8) is 0 Å². The molecule has 0 aliphatic heterocycles. The fraction of sp³-hybridized carbons (Fsp3) is 0. The molecule has 9 heteroatoms. The summed E-state index contributed by atoms with van der Waals surface area (Å²) < 4.78 is 0. The van der Waals surface area contributed by atoms with Gasteiger partial charge in [-0.1, -0.05) is 0 Å². The summed E-state index contributed by atoms with van der Waals surface area (Å²) in [5.41, 5.74) is -1.33. The van der Waals surface area contributed by atoms with E-state index in [1.54, 1.807) is 0 Å². The minimum Gasteiger partial charge on any atom is -0.286 e. The Morgan fingerprint density at radius 3 is 2.53 bits per heavy atom. The number of nitrogens with zero attached hydrogens (tertiary/aromatic N) is 4. The number of rotatable bonds is 2. The number of aromatic amines is 2. The molecule has 2 heterocycles. The van der Waals surface area contributed by atoms with E-state index in [4.69, 9.17) is 0 Å². The number of nitrogens with one attached hydrogen (secondary N) is 2. The molecule has 0 radical (unpaired) electrons. The lowest BCUT2D eigenvalue weighted by Gasteiger charge is -1.95. The molecule has 0 aliphatic rings. The zero-order valence-electron chi connectivity index (χ0n) is 7.17. The number of aromatic nitrogens is 6. The zero-order valence-corrected chi connectivity index (χ0v) is 7.98. The molecule has 2 aromatic rings. The van der Waals surface area contributed by atoms with Crippen molar-refractivity contribution in [1.29, 1.82) is 0 Å². The lowest BCUT2D eigenvalue weighted by molar-refractivity contribution is 0.814. The van der Waals surface area contributed by atoms with Gasteiger partial charge in [0.2, 0.25) is 0 Å². The smallest absolute Gasteiger partial charge is 0.286 e. The van der Waals surface area contributed by atoms with Crippen LogP contribution in [0.5, 0.6) is 0 Å². The van der Waals surface area contributed by atoms with Crippen molar-refractivity contribution in [2.24, 2.45) is 0 Å². The van der Waals surface area contributed by atoms with Crippen LogP contribution in [0.15, 0.2) is 32.6 Å². The Morgan fingerprint density at radius 2 is 1.87 bits per heavy atom. The average molecular weight is 224 g/mol. The SMILES string of the molecule is O=c1nc(Sc2ncncn2)[nH]c(=O)[nH]1. The monoisotopic (exact) mass is 224 g/mol. The van der Waals surface area contributed by atoms with Crippen LogP contribution >= 0.6 is 11.8 Å². The Kier molecular flexibility index (Phi) is 2.54. The van der Waals surface area contributed by atoms with E-state index in [1.807, 2.05) is 4.98 Å². The summed E-state index contributed by atoms with van der Waals surface area (Å²) in [5, 5.41) is 0.480. The highest BCUT2D eigenvalue weighted by Crippen LogP contribution is 2.16. The van der Waals surface area contributed by atoms with E-state index in [1.165, 1.54) is 12.7 Å². The van der Waals surface area contributed by atoms with Gasteiger partial charge in [0.25, 0.3) is 0 Å². The van der Waals surface area contributed by atoms with E-state index >= 15 is 0 Å².